The minimum Gasteiger partial charge on any atom is -0.461 e. The van der Waals surface area contributed by atoms with Crippen LogP contribution in [0.4, 0.5) is 8.78 Å². The SMILES string of the molecule is Fc1nc(OC[C@]23CCCN2C[C@@H](F)C3)nc2ccncc12. The second-order valence-electron chi connectivity index (χ2n) is 6.05. The third-order valence-electron chi connectivity index (χ3n) is 4.66. The zero-order chi connectivity index (χ0) is 15.2. The van der Waals surface area contributed by atoms with Gasteiger partial charge in [-0.15, -0.1) is 0 Å². The Morgan fingerprint density at radius 1 is 1.41 bits per heavy atom. The van der Waals surface area contributed by atoms with Gasteiger partial charge in [-0.05, 0) is 25.5 Å². The van der Waals surface area contributed by atoms with Crippen LogP contribution in [0.5, 0.6) is 6.01 Å². The molecule has 2 fully saturated rings. The van der Waals surface area contributed by atoms with Crippen molar-refractivity contribution in [3.8, 4) is 6.01 Å². The molecule has 4 rings (SSSR count). The lowest BCUT2D eigenvalue weighted by atomic mass is 9.95. The molecule has 0 aliphatic carbocycles. The Morgan fingerprint density at radius 3 is 3.23 bits per heavy atom. The Hall–Kier alpha value is -1.89. The standard InChI is InChI=1S/C15H16F2N4O/c16-10-6-15(3-1-5-21(15)8-10)9-22-14-19-12-2-4-18-7-11(12)13(17)20-14/h2,4,7,10H,1,3,5-6,8-9H2/t10-,15+/m0/s1. The number of nitrogens with zero attached hydrogens (tertiary/aromatic N) is 4. The molecule has 0 amide bonds. The highest BCUT2D eigenvalue weighted by atomic mass is 19.1. The van der Waals surface area contributed by atoms with Crippen LogP contribution in [0.2, 0.25) is 0 Å². The summed E-state index contributed by atoms with van der Waals surface area (Å²) in [5, 5.41) is 0.264. The van der Waals surface area contributed by atoms with Crippen LogP contribution in [0.3, 0.4) is 0 Å². The Kier molecular flexibility index (Phi) is 3.18. The van der Waals surface area contributed by atoms with Crippen LogP contribution in [-0.2, 0) is 0 Å². The molecule has 0 radical (unpaired) electrons. The maximum atomic E-state index is 13.9. The molecule has 0 N–H and O–H groups in total. The topological polar surface area (TPSA) is 51.1 Å². The smallest absolute Gasteiger partial charge is 0.319 e. The summed E-state index contributed by atoms with van der Waals surface area (Å²) >= 11 is 0. The first-order valence-electron chi connectivity index (χ1n) is 7.45. The van der Waals surface area contributed by atoms with Gasteiger partial charge in [-0.3, -0.25) is 9.88 Å². The van der Waals surface area contributed by atoms with E-state index in [1.54, 1.807) is 12.3 Å². The summed E-state index contributed by atoms with van der Waals surface area (Å²) in [6.45, 7) is 1.65. The van der Waals surface area contributed by atoms with E-state index in [0.29, 0.717) is 25.1 Å². The molecule has 4 heterocycles. The molecular formula is C15H16F2N4O. The maximum absolute atomic E-state index is 13.9. The van der Waals surface area contributed by atoms with Crippen molar-refractivity contribution in [2.75, 3.05) is 19.7 Å². The molecule has 116 valence electrons. The van der Waals surface area contributed by atoms with Crippen LogP contribution in [0.15, 0.2) is 18.5 Å². The van der Waals surface area contributed by atoms with E-state index in [1.807, 2.05) is 0 Å². The summed E-state index contributed by atoms with van der Waals surface area (Å²) in [5.41, 5.74) is 0.167. The molecule has 0 aromatic carbocycles. The molecule has 2 aromatic heterocycles. The van der Waals surface area contributed by atoms with Crippen molar-refractivity contribution < 1.29 is 13.5 Å². The van der Waals surface area contributed by atoms with E-state index in [4.69, 9.17) is 4.74 Å². The number of fused-ring (bicyclic) bond motifs is 2. The normalized spacial score (nSPS) is 28.2. The van der Waals surface area contributed by atoms with E-state index < -0.39 is 12.1 Å². The van der Waals surface area contributed by atoms with E-state index in [-0.39, 0.29) is 16.9 Å². The highest BCUT2D eigenvalue weighted by Crippen LogP contribution is 2.40. The van der Waals surface area contributed by atoms with Crippen LogP contribution >= 0.6 is 0 Å². The minimum absolute atomic E-state index is 0.000247. The van der Waals surface area contributed by atoms with Crippen molar-refractivity contribution in [2.24, 2.45) is 0 Å². The van der Waals surface area contributed by atoms with E-state index in [9.17, 15) is 8.78 Å². The second kappa shape index (κ2) is 5.08. The second-order valence-corrected chi connectivity index (χ2v) is 6.05. The zero-order valence-corrected chi connectivity index (χ0v) is 12.0. The molecule has 0 unspecified atom stereocenters. The summed E-state index contributed by atoms with van der Waals surface area (Å²) in [4.78, 5) is 13.9. The number of aromatic nitrogens is 3. The zero-order valence-electron chi connectivity index (χ0n) is 12.0. The van der Waals surface area contributed by atoms with Crippen molar-refractivity contribution in [3.63, 3.8) is 0 Å². The number of rotatable bonds is 3. The minimum atomic E-state index is -0.816. The predicted octanol–water partition coefficient (Wildman–Crippen LogP) is 2.12. The molecular weight excluding hydrogens is 290 g/mol. The Labute approximate surface area is 126 Å². The van der Waals surface area contributed by atoms with E-state index in [2.05, 4.69) is 19.9 Å². The van der Waals surface area contributed by atoms with Gasteiger partial charge in [-0.1, -0.05) is 0 Å². The van der Waals surface area contributed by atoms with Gasteiger partial charge in [0.25, 0.3) is 0 Å². The van der Waals surface area contributed by atoms with Gasteiger partial charge in [-0.25, -0.2) is 4.39 Å². The van der Waals surface area contributed by atoms with Gasteiger partial charge in [0.15, 0.2) is 0 Å². The summed E-state index contributed by atoms with van der Waals surface area (Å²) in [5.74, 6) is -0.649. The van der Waals surface area contributed by atoms with Crippen LogP contribution in [-0.4, -0.2) is 51.3 Å². The average Bonchev–Trinajstić information content (AvgIpc) is 3.01. The fourth-order valence-electron chi connectivity index (χ4n) is 3.63. The van der Waals surface area contributed by atoms with Crippen LogP contribution < -0.4 is 4.74 Å². The first-order valence-corrected chi connectivity index (χ1v) is 7.45. The van der Waals surface area contributed by atoms with Crippen molar-refractivity contribution in [1.29, 1.82) is 0 Å². The molecule has 22 heavy (non-hydrogen) atoms. The summed E-state index contributed by atoms with van der Waals surface area (Å²) in [6.07, 6.45) is 4.51. The van der Waals surface area contributed by atoms with E-state index >= 15 is 0 Å². The third-order valence-corrected chi connectivity index (χ3v) is 4.66. The molecule has 0 bridgehead atoms. The molecule has 2 aliphatic heterocycles. The van der Waals surface area contributed by atoms with Gasteiger partial charge in [0.1, 0.15) is 12.8 Å². The molecule has 7 heteroatoms. The quantitative estimate of drug-likeness (QED) is 0.813. The fraction of sp³-hybridized carbons (Fsp3) is 0.533. The van der Waals surface area contributed by atoms with E-state index in [0.717, 1.165) is 19.4 Å². The van der Waals surface area contributed by atoms with Gasteiger partial charge < -0.3 is 4.74 Å². The first-order chi connectivity index (χ1) is 10.7. The fourth-order valence-corrected chi connectivity index (χ4v) is 3.63. The number of hydrogen-bond acceptors (Lipinski definition) is 5. The van der Waals surface area contributed by atoms with Crippen molar-refractivity contribution >= 4 is 10.9 Å². The maximum Gasteiger partial charge on any atom is 0.319 e. The third kappa shape index (κ3) is 2.20. The Morgan fingerprint density at radius 2 is 2.32 bits per heavy atom. The molecule has 0 spiro atoms. The first kappa shape index (κ1) is 13.8. The van der Waals surface area contributed by atoms with Crippen molar-refractivity contribution in [1.82, 2.24) is 19.9 Å². The number of ether oxygens (including phenoxy) is 1. The van der Waals surface area contributed by atoms with Crippen LogP contribution in [0, 0.1) is 5.95 Å². The van der Waals surface area contributed by atoms with Gasteiger partial charge >= 0.3 is 6.01 Å². The number of alkyl halides is 1. The van der Waals surface area contributed by atoms with Crippen molar-refractivity contribution in [3.05, 3.63) is 24.4 Å². The largest absolute Gasteiger partial charge is 0.461 e. The number of hydrogen-bond donors (Lipinski definition) is 0. The molecule has 5 nitrogen and oxygen atoms in total. The van der Waals surface area contributed by atoms with Crippen LogP contribution in [0.1, 0.15) is 19.3 Å². The summed E-state index contributed by atoms with van der Waals surface area (Å²) in [7, 11) is 0. The average molecular weight is 306 g/mol. The van der Waals surface area contributed by atoms with Crippen LogP contribution in [0.25, 0.3) is 10.9 Å². The van der Waals surface area contributed by atoms with E-state index in [1.165, 1.54) is 6.20 Å². The van der Waals surface area contributed by atoms with Gasteiger partial charge in [0, 0.05) is 25.4 Å². The highest BCUT2D eigenvalue weighted by molar-refractivity contribution is 5.77. The Balaban J connectivity index is 1.57. The molecule has 2 atom stereocenters. The lowest BCUT2D eigenvalue weighted by Crippen LogP contribution is -2.43. The lowest BCUT2D eigenvalue weighted by Gasteiger charge is -2.30. The van der Waals surface area contributed by atoms with Gasteiger partial charge in [-0.2, -0.15) is 14.4 Å². The predicted molar refractivity (Wildman–Crippen MR) is 75.8 cm³/mol. The highest BCUT2D eigenvalue weighted by Gasteiger charge is 2.49. The monoisotopic (exact) mass is 306 g/mol. The molecule has 0 saturated carbocycles. The van der Waals surface area contributed by atoms with Gasteiger partial charge in [0.2, 0.25) is 5.95 Å². The van der Waals surface area contributed by atoms with Crippen molar-refractivity contribution in [2.45, 2.75) is 31.0 Å². The van der Waals surface area contributed by atoms with Gasteiger partial charge in [0.05, 0.1) is 16.4 Å². The Bertz CT molecular complexity index is 713. The molecule has 2 aliphatic rings. The number of pyridine rings is 1. The summed E-state index contributed by atoms with van der Waals surface area (Å²) < 4.78 is 33.3. The molecule has 2 saturated heterocycles. The number of halogens is 2. The summed E-state index contributed by atoms with van der Waals surface area (Å²) in [6, 6.07) is 1.61. The molecule has 2 aromatic rings. The lowest BCUT2D eigenvalue weighted by molar-refractivity contribution is 0.107.